The fourth-order valence-electron chi connectivity index (χ4n) is 1.35. The zero-order valence-corrected chi connectivity index (χ0v) is 11.9. The third kappa shape index (κ3) is 8.29. The van der Waals surface area contributed by atoms with Crippen LogP contribution in [0, 0.1) is 5.92 Å². The number of amides is 1. The van der Waals surface area contributed by atoms with E-state index in [-0.39, 0.29) is 17.6 Å². The summed E-state index contributed by atoms with van der Waals surface area (Å²) in [7, 11) is 0. The van der Waals surface area contributed by atoms with E-state index in [0.717, 1.165) is 0 Å². The van der Waals surface area contributed by atoms with E-state index >= 15 is 0 Å². The Morgan fingerprint density at radius 1 is 1.29 bits per heavy atom. The molecule has 0 saturated carbocycles. The Kier molecular flexibility index (Phi) is 8.37. The lowest BCUT2D eigenvalue weighted by Crippen LogP contribution is -2.41. The molecule has 0 saturated heterocycles. The van der Waals surface area contributed by atoms with Crippen molar-refractivity contribution in [1.29, 1.82) is 0 Å². The summed E-state index contributed by atoms with van der Waals surface area (Å²) in [6.07, 6.45) is 0. The molecule has 0 rings (SSSR count). The van der Waals surface area contributed by atoms with Crippen LogP contribution >= 0.6 is 0 Å². The van der Waals surface area contributed by atoms with Gasteiger partial charge in [-0.25, -0.2) is 4.21 Å². The van der Waals surface area contributed by atoms with Gasteiger partial charge < -0.3 is 9.87 Å². The first kappa shape index (κ1) is 16.5. The zero-order chi connectivity index (χ0) is 13.4. The first-order valence-corrected chi connectivity index (χ1v) is 7.21. The van der Waals surface area contributed by atoms with E-state index in [2.05, 4.69) is 10.2 Å². The van der Waals surface area contributed by atoms with Gasteiger partial charge in [-0.15, -0.1) is 0 Å². The van der Waals surface area contributed by atoms with Crippen molar-refractivity contribution < 1.29 is 13.6 Å². The molecule has 0 aliphatic carbocycles. The molecule has 0 bridgehead atoms. The molecule has 1 unspecified atom stereocenters. The molecule has 0 aliphatic heterocycles. The Bertz CT molecular complexity index is 257. The fourth-order valence-corrected chi connectivity index (χ4v) is 1.74. The third-order valence-corrected chi connectivity index (χ3v) is 3.04. The minimum Gasteiger partial charge on any atom is -0.355 e. The molecule has 0 aromatic heterocycles. The van der Waals surface area contributed by atoms with Gasteiger partial charge in [-0.1, -0.05) is 13.8 Å². The predicted octanol–water partition coefficient (Wildman–Crippen LogP) is 0.691. The van der Waals surface area contributed by atoms with Gasteiger partial charge in [-0.3, -0.25) is 9.69 Å². The average molecular weight is 264 g/mol. The highest BCUT2D eigenvalue weighted by Crippen LogP contribution is 1.98. The van der Waals surface area contributed by atoms with E-state index in [1.54, 1.807) is 0 Å². The van der Waals surface area contributed by atoms with Gasteiger partial charge in [-0.05, 0) is 13.8 Å². The number of rotatable bonds is 8. The summed E-state index contributed by atoms with van der Waals surface area (Å²) in [6, 6.07) is 0.300. The van der Waals surface area contributed by atoms with E-state index in [4.69, 9.17) is 4.55 Å². The van der Waals surface area contributed by atoms with E-state index in [1.165, 1.54) is 0 Å². The highest BCUT2D eigenvalue weighted by Gasteiger charge is 2.11. The molecule has 0 heterocycles. The van der Waals surface area contributed by atoms with Crippen molar-refractivity contribution in [2.75, 3.05) is 25.4 Å². The first-order valence-electron chi connectivity index (χ1n) is 5.93. The smallest absolute Gasteiger partial charge is 0.222 e. The second kappa shape index (κ2) is 8.60. The Hall–Kier alpha value is -0.460. The monoisotopic (exact) mass is 264 g/mol. The Balaban J connectivity index is 3.93. The second-order valence-corrected chi connectivity index (χ2v) is 5.65. The molecule has 1 amide bonds. The van der Waals surface area contributed by atoms with Crippen molar-refractivity contribution in [3.8, 4) is 0 Å². The van der Waals surface area contributed by atoms with Crippen molar-refractivity contribution in [2.24, 2.45) is 5.92 Å². The molecule has 0 aromatic rings. The normalized spacial score (nSPS) is 13.4. The lowest BCUT2D eigenvalue weighted by Gasteiger charge is -2.26. The van der Waals surface area contributed by atoms with Gasteiger partial charge in [0.1, 0.15) is 0 Å². The van der Waals surface area contributed by atoms with Gasteiger partial charge in [0.15, 0.2) is 11.1 Å². The Morgan fingerprint density at radius 3 is 2.29 bits per heavy atom. The summed E-state index contributed by atoms with van der Waals surface area (Å²) >= 11 is -1.75. The number of hydrogen-bond donors (Lipinski definition) is 2. The van der Waals surface area contributed by atoms with Crippen molar-refractivity contribution in [2.45, 2.75) is 33.7 Å². The molecular weight excluding hydrogens is 240 g/mol. The molecule has 0 aliphatic rings. The summed E-state index contributed by atoms with van der Waals surface area (Å²) in [5.41, 5.74) is 0. The maximum absolute atomic E-state index is 11.3. The first-order chi connectivity index (χ1) is 7.84. The number of nitrogens with zero attached hydrogens (tertiary/aromatic N) is 1. The van der Waals surface area contributed by atoms with Gasteiger partial charge in [-0.2, -0.15) is 0 Å². The lowest BCUT2D eigenvalue weighted by atomic mass is 10.2. The SMILES string of the molecule is CC(C)C(=O)NCCN(CCS(=O)O)C(C)C. The number of carbonyl (C=O) groups excluding carboxylic acids is 1. The van der Waals surface area contributed by atoms with Crippen LogP contribution in [0.1, 0.15) is 27.7 Å². The average Bonchev–Trinajstić information content (AvgIpc) is 2.21. The second-order valence-electron chi connectivity index (χ2n) is 4.60. The van der Waals surface area contributed by atoms with Crippen LogP contribution in [0.2, 0.25) is 0 Å². The fraction of sp³-hybridized carbons (Fsp3) is 0.909. The highest BCUT2D eigenvalue weighted by molar-refractivity contribution is 7.79. The summed E-state index contributed by atoms with van der Waals surface area (Å²) in [4.78, 5) is 13.4. The summed E-state index contributed by atoms with van der Waals surface area (Å²) < 4.78 is 19.4. The van der Waals surface area contributed by atoms with Gasteiger partial charge in [0, 0.05) is 31.6 Å². The summed E-state index contributed by atoms with van der Waals surface area (Å²) in [6.45, 7) is 9.61. The molecular formula is C11H24N2O3S. The van der Waals surface area contributed by atoms with Gasteiger partial charge >= 0.3 is 0 Å². The zero-order valence-electron chi connectivity index (χ0n) is 11.1. The Labute approximate surface area is 106 Å². The van der Waals surface area contributed by atoms with Crippen LogP contribution < -0.4 is 5.32 Å². The molecule has 0 fully saturated rings. The van der Waals surface area contributed by atoms with Gasteiger partial charge in [0.25, 0.3) is 0 Å². The topological polar surface area (TPSA) is 69.6 Å². The molecule has 0 radical (unpaired) electrons. The van der Waals surface area contributed by atoms with Crippen LogP contribution in [0.25, 0.3) is 0 Å². The minimum absolute atomic E-state index is 0.00699. The van der Waals surface area contributed by atoms with Crippen molar-refractivity contribution in [3.63, 3.8) is 0 Å². The van der Waals surface area contributed by atoms with E-state index in [9.17, 15) is 9.00 Å². The summed E-state index contributed by atoms with van der Waals surface area (Å²) in [5.74, 6) is 0.280. The molecule has 0 spiro atoms. The number of carbonyl (C=O) groups is 1. The maximum atomic E-state index is 11.3. The van der Waals surface area contributed by atoms with Crippen LogP contribution in [0.5, 0.6) is 0 Å². The maximum Gasteiger partial charge on any atom is 0.222 e. The van der Waals surface area contributed by atoms with E-state index < -0.39 is 11.1 Å². The highest BCUT2D eigenvalue weighted by atomic mass is 32.2. The number of nitrogens with one attached hydrogen (secondary N) is 1. The van der Waals surface area contributed by atoms with Crippen molar-refractivity contribution >= 4 is 17.0 Å². The molecule has 0 aromatic carbocycles. The molecule has 6 heteroatoms. The largest absolute Gasteiger partial charge is 0.355 e. The van der Waals surface area contributed by atoms with Crippen molar-refractivity contribution in [1.82, 2.24) is 10.2 Å². The van der Waals surface area contributed by atoms with Crippen molar-refractivity contribution in [3.05, 3.63) is 0 Å². The lowest BCUT2D eigenvalue weighted by molar-refractivity contribution is -0.124. The minimum atomic E-state index is -1.75. The summed E-state index contributed by atoms with van der Waals surface area (Å²) in [5, 5.41) is 2.84. The molecule has 1 atom stereocenters. The predicted molar refractivity (Wildman–Crippen MR) is 70.2 cm³/mol. The van der Waals surface area contributed by atoms with Gasteiger partial charge in [0.05, 0.1) is 5.75 Å². The van der Waals surface area contributed by atoms with Gasteiger partial charge in [0.2, 0.25) is 5.91 Å². The molecule has 5 nitrogen and oxygen atoms in total. The van der Waals surface area contributed by atoms with E-state index in [1.807, 2.05) is 27.7 Å². The van der Waals surface area contributed by atoms with Crippen LogP contribution in [-0.4, -0.2) is 51.0 Å². The molecule has 17 heavy (non-hydrogen) atoms. The molecule has 2 N–H and O–H groups in total. The van der Waals surface area contributed by atoms with Crippen LogP contribution in [-0.2, 0) is 15.9 Å². The third-order valence-electron chi connectivity index (χ3n) is 2.51. The van der Waals surface area contributed by atoms with E-state index in [0.29, 0.717) is 25.7 Å². The van der Waals surface area contributed by atoms with Crippen LogP contribution in [0.15, 0.2) is 0 Å². The standard InChI is InChI=1S/C11H24N2O3S/c1-9(2)11(14)12-5-6-13(10(3)4)7-8-17(15)16/h9-10H,5-8H2,1-4H3,(H,12,14)(H,15,16). The van der Waals surface area contributed by atoms with Crippen LogP contribution in [0.4, 0.5) is 0 Å². The Morgan fingerprint density at radius 2 is 1.88 bits per heavy atom. The van der Waals surface area contributed by atoms with Crippen LogP contribution in [0.3, 0.4) is 0 Å². The number of hydrogen-bond acceptors (Lipinski definition) is 3. The quantitative estimate of drug-likeness (QED) is 0.633. The molecule has 102 valence electrons.